The van der Waals surface area contributed by atoms with Gasteiger partial charge in [-0.3, -0.25) is 4.72 Å². The van der Waals surface area contributed by atoms with Crippen molar-refractivity contribution in [3.05, 3.63) is 42.0 Å². The van der Waals surface area contributed by atoms with E-state index in [2.05, 4.69) is 14.7 Å². The molecule has 1 aromatic carbocycles. The fourth-order valence-corrected chi connectivity index (χ4v) is 2.83. The molecule has 0 radical (unpaired) electrons. The van der Waals surface area contributed by atoms with Gasteiger partial charge in [0.15, 0.2) is 0 Å². The maximum Gasteiger partial charge on any atom is 0.264 e. The minimum Gasteiger partial charge on any atom is -0.398 e. The summed E-state index contributed by atoms with van der Waals surface area (Å²) >= 11 is 0. The highest BCUT2D eigenvalue weighted by molar-refractivity contribution is 7.92. The van der Waals surface area contributed by atoms with Crippen LogP contribution < -0.4 is 10.5 Å². The Morgan fingerprint density at radius 1 is 1.11 bits per heavy atom. The largest absolute Gasteiger partial charge is 0.398 e. The summed E-state index contributed by atoms with van der Waals surface area (Å²) in [5, 5.41) is 0. The number of benzene rings is 1. The molecule has 6 nitrogen and oxygen atoms in total. The Morgan fingerprint density at radius 3 is 2.32 bits per heavy atom. The summed E-state index contributed by atoms with van der Waals surface area (Å²) in [6.07, 6.45) is 4.08. The van der Waals surface area contributed by atoms with E-state index in [0.29, 0.717) is 5.69 Å². The van der Waals surface area contributed by atoms with E-state index in [0.717, 1.165) is 11.1 Å². The molecule has 0 aliphatic rings. The average Bonchev–Trinajstić information content (AvgIpc) is 2.34. The van der Waals surface area contributed by atoms with Crippen LogP contribution in [0.5, 0.6) is 0 Å². The molecular formula is C12H14N4O2S. The zero-order valence-electron chi connectivity index (χ0n) is 10.6. The van der Waals surface area contributed by atoms with Crippen LogP contribution in [0, 0.1) is 13.8 Å². The number of aromatic nitrogens is 2. The summed E-state index contributed by atoms with van der Waals surface area (Å²) in [5.74, 6) is 0. The first-order valence-corrected chi connectivity index (χ1v) is 7.03. The smallest absolute Gasteiger partial charge is 0.264 e. The van der Waals surface area contributed by atoms with Crippen LogP contribution in [-0.2, 0) is 10.0 Å². The third-order valence-electron chi connectivity index (χ3n) is 2.73. The monoisotopic (exact) mass is 278 g/mol. The molecule has 0 aliphatic heterocycles. The number of nitrogens with two attached hydrogens (primary N) is 1. The first kappa shape index (κ1) is 13.3. The van der Waals surface area contributed by atoms with Gasteiger partial charge in [-0.1, -0.05) is 0 Å². The molecule has 0 unspecified atom stereocenters. The topological polar surface area (TPSA) is 98.0 Å². The molecule has 0 saturated carbocycles. The molecule has 0 amide bonds. The molecule has 0 saturated heterocycles. The van der Waals surface area contributed by atoms with Crippen molar-refractivity contribution < 1.29 is 8.42 Å². The summed E-state index contributed by atoms with van der Waals surface area (Å²) in [4.78, 5) is 7.55. The van der Waals surface area contributed by atoms with Crippen LogP contribution in [0.25, 0.3) is 0 Å². The van der Waals surface area contributed by atoms with Crippen molar-refractivity contribution in [1.82, 2.24) is 9.97 Å². The molecule has 2 aromatic rings. The molecule has 7 heteroatoms. The van der Waals surface area contributed by atoms with E-state index in [9.17, 15) is 8.42 Å². The molecule has 2 rings (SSSR count). The normalized spacial score (nSPS) is 11.3. The molecule has 0 aliphatic carbocycles. The Labute approximate surface area is 111 Å². The van der Waals surface area contributed by atoms with Gasteiger partial charge in [0.1, 0.15) is 11.2 Å². The molecule has 1 aromatic heterocycles. The fourth-order valence-electron chi connectivity index (χ4n) is 1.61. The lowest BCUT2D eigenvalue weighted by Crippen LogP contribution is -2.15. The Balaban J connectivity index is 2.43. The minimum absolute atomic E-state index is 0.0550. The Morgan fingerprint density at radius 2 is 1.68 bits per heavy atom. The second-order valence-corrected chi connectivity index (χ2v) is 5.86. The number of hydrogen-bond donors (Lipinski definition) is 2. The molecule has 0 bridgehead atoms. The summed E-state index contributed by atoms with van der Waals surface area (Å²) in [6.45, 7) is 3.71. The minimum atomic E-state index is -3.74. The highest BCUT2D eigenvalue weighted by atomic mass is 32.2. The van der Waals surface area contributed by atoms with Crippen LogP contribution in [0.1, 0.15) is 11.1 Å². The van der Waals surface area contributed by atoms with Crippen LogP contribution in [0.3, 0.4) is 0 Å². The highest BCUT2D eigenvalue weighted by Crippen LogP contribution is 2.24. The van der Waals surface area contributed by atoms with Crippen molar-refractivity contribution in [3.8, 4) is 0 Å². The quantitative estimate of drug-likeness (QED) is 0.829. The average molecular weight is 278 g/mol. The van der Waals surface area contributed by atoms with Crippen molar-refractivity contribution in [2.75, 3.05) is 10.5 Å². The maximum absolute atomic E-state index is 12.2. The van der Waals surface area contributed by atoms with Gasteiger partial charge in [-0.15, -0.1) is 0 Å². The first-order valence-electron chi connectivity index (χ1n) is 5.55. The lowest BCUT2D eigenvalue weighted by molar-refractivity contribution is 0.601. The van der Waals surface area contributed by atoms with Crippen LogP contribution in [0.4, 0.5) is 11.4 Å². The summed E-state index contributed by atoms with van der Waals surface area (Å²) in [7, 11) is -3.74. The van der Waals surface area contributed by atoms with Crippen LogP contribution in [-0.4, -0.2) is 18.4 Å². The summed E-state index contributed by atoms with van der Waals surface area (Å²) < 4.78 is 26.9. The summed E-state index contributed by atoms with van der Waals surface area (Å²) in [5.41, 5.74) is 8.09. The Kier molecular flexibility index (Phi) is 3.39. The van der Waals surface area contributed by atoms with E-state index in [-0.39, 0.29) is 10.6 Å². The van der Waals surface area contributed by atoms with Gasteiger partial charge in [-0.25, -0.2) is 18.4 Å². The van der Waals surface area contributed by atoms with Crippen molar-refractivity contribution in [2.45, 2.75) is 18.7 Å². The van der Waals surface area contributed by atoms with Crippen LogP contribution in [0.2, 0.25) is 0 Å². The molecular weight excluding hydrogens is 264 g/mol. The van der Waals surface area contributed by atoms with Crippen LogP contribution in [0.15, 0.2) is 35.7 Å². The summed E-state index contributed by atoms with van der Waals surface area (Å²) in [6, 6.07) is 3.20. The number of sulfonamides is 1. The number of nitrogen functional groups attached to an aromatic ring is 1. The van der Waals surface area contributed by atoms with Crippen molar-refractivity contribution in [3.63, 3.8) is 0 Å². The number of aryl methyl sites for hydroxylation is 2. The third-order valence-corrected chi connectivity index (χ3v) is 4.17. The first-order chi connectivity index (χ1) is 8.90. The number of hydrogen-bond acceptors (Lipinski definition) is 5. The molecule has 1 heterocycles. The van der Waals surface area contributed by atoms with Gasteiger partial charge >= 0.3 is 0 Å². The van der Waals surface area contributed by atoms with Gasteiger partial charge in [0.05, 0.1) is 23.8 Å². The van der Waals surface area contributed by atoms with Crippen molar-refractivity contribution in [1.29, 1.82) is 0 Å². The third kappa shape index (κ3) is 2.82. The van der Waals surface area contributed by atoms with E-state index in [1.54, 1.807) is 12.1 Å². The Hall–Kier alpha value is -2.15. The fraction of sp³-hybridized carbons (Fsp3) is 0.167. The molecule has 19 heavy (non-hydrogen) atoms. The molecule has 100 valence electrons. The van der Waals surface area contributed by atoms with E-state index in [1.165, 1.54) is 18.7 Å². The standard InChI is InChI=1S/C12H14N4O2S/c1-8-3-11(13)12(4-9(8)2)19(17,18)16-10-5-14-7-15-6-10/h3-7,16H,13H2,1-2H3. The second-order valence-electron chi connectivity index (χ2n) is 4.21. The van der Waals surface area contributed by atoms with Gasteiger partial charge in [0, 0.05) is 0 Å². The van der Waals surface area contributed by atoms with Gasteiger partial charge in [0.25, 0.3) is 10.0 Å². The molecule has 0 fully saturated rings. The van der Waals surface area contributed by atoms with Crippen LogP contribution >= 0.6 is 0 Å². The van der Waals surface area contributed by atoms with E-state index < -0.39 is 10.0 Å². The van der Waals surface area contributed by atoms with Crippen molar-refractivity contribution in [2.24, 2.45) is 0 Å². The highest BCUT2D eigenvalue weighted by Gasteiger charge is 2.18. The number of nitrogens with zero attached hydrogens (tertiary/aromatic N) is 2. The molecule has 0 atom stereocenters. The lowest BCUT2D eigenvalue weighted by atomic mass is 10.1. The van der Waals surface area contributed by atoms with Gasteiger partial charge in [0.2, 0.25) is 0 Å². The molecule has 3 N–H and O–H groups in total. The zero-order valence-corrected chi connectivity index (χ0v) is 11.4. The number of nitrogens with one attached hydrogen (secondary N) is 1. The van der Waals surface area contributed by atoms with Gasteiger partial charge in [-0.05, 0) is 37.1 Å². The van der Waals surface area contributed by atoms with E-state index in [1.807, 2.05) is 13.8 Å². The zero-order chi connectivity index (χ0) is 14.0. The van der Waals surface area contributed by atoms with E-state index >= 15 is 0 Å². The van der Waals surface area contributed by atoms with Crippen molar-refractivity contribution >= 4 is 21.4 Å². The Bertz CT molecular complexity index is 699. The van der Waals surface area contributed by atoms with E-state index in [4.69, 9.17) is 5.73 Å². The van der Waals surface area contributed by atoms with Gasteiger partial charge < -0.3 is 5.73 Å². The van der Waals surface area contributed by atoms with Gasteiger partial charge in [-0.2, -0.15) is 0 Å². The SMILES string of the molecule is Cc1cc(N)c(S(=O)(=O)Nc2cncnc2)cc1C. The lowest BCUT2D eigenvalue weighted by Gasteiger charge is -2.11. The predicted octanol–water partition coefficient (Wildman–Crippen LogP) is 1.48. The number of rotatable bonds is 3. The predicted molar refractivity (Wildman–Crippen MR) is 73.2 cm³/mol. The second kappa shape index (κ2) is 4.85. The maximum atomic E-state index is 12.2. The number of anilines is 2. The molecule has 0 spiro atoms.